The van der Waals surface area contributed by atoms with Gasteiger partial charge >= 0.3 is 0 Å². The smallest absolute Gasteiger partial charge is 0.251 e. The van der Waals surface area contributed by atoms with Gasteiger partial charge < -0.3 is 16.4 Å². The van der Waals surface area contributed by atoms with Crippen molar-refractivity contribution in [3.63, 3.8) is 0 Å². The fourth-order valence-electron chi connectivity index (χ4n) is 1.91. The Morgan fingerprint density at radius 1 is 1.38 bits per heavy atom. The van der Waals surface area contributed by atoms with Crippen molar-refractivity contribution in [1.82, 2.24) is 5.32 Å². The first-order valence-corrected chi connectivity index (χ1v) is 7.07. The third-order valence-electron chi connectivity index (χ3n) is 3.24. The van der Waals surface area contributed by atoms with Crippen molar-refractivity contribution in [3.8, 4) is 0 Å². The predicted octanol–water partition coefficient (Wildman–Crippen LogP) is 2.07. The van der Waals surface area contributed by atoms with E-state index in [1.807, 2.05) is 6.92 Å². The fourth-order valence-corrected chi connectivity index (χ4v) is 1.91. The molecule has 116 valence electrons. The molecule has 1 atom stereocenters. The lowest BCUT2D eigenvalue weighted by atomic mass is 10.1. The van der Waals surface area contributed by atoms with Gasteiger partial charge in [0.1, 0.15) is 0 Å². The largest absolute Gasteiger partial charge is 0.349 e. The molecule has 4 N–H and O–H groups in total. The molecule has 5 nitrogen and oxygen atoms in total. The normalized spacial score (nSPS) is 14.8. The molecule has 1 aromatic carbocycles. The van der Waals surface area contributed by atoms with Crippen LogP contribution < -0.4 is 16.4 Å². The zero-order valence-electron chi connectivity index (χ0n) is 12.1. The first-order chi connectivity index (χ1) is 9.60. The van der Waals surface area contributed by atoms with Gasteiger partial charge in [0.25, 0.3) is 5.91 Å². The van der Waals surface area contributed by atoms with E-state index < -0.39 is 6.04 Å². The molecule has 0 aliphatic heterocycles. The SMILES string of the molecule is CCCC(N)C(=O)Nc1cccc(C(=O)NC2CC2)c1.Cl. The van der Waals surface area contributed by atoms with Crippen molar-refractivity contribution in [2.24, 2.45) is 5.73 Å². The first kappa shape index (κ1) is 17.5. The molecule has 1 unspecified atom stereocenters. The van der Waals surface area contributed by atoms with Gasteiger partial charge in [-0.3, -0.25) is 9.59 Å². The molecule has 21 heavy (non-hydrogen) atoms. The third-order valence-corrected chi connectivity index (χ3v) is 3.24. The van der Waals surface area contributed by atoms with Crippen LogP contribution in [0, 0.1) is 0 Å². The first-order valence-electron chi connectivity index (χ1n) is 7.07. The Balaban J connectivity index is 0.00000220. The van der Waals surface area contributed by atoms with Gasteiger partial charge in [-0.05, 0) is 37.5 Å². The number of nitrogens with two attached hydrogens (primary N) is 1. The molecule has 0 saturated heterocycles. The van der Waals surface area contributed by atoms with E-state index in [1.54, 1.807) is 24.3 Å². The number of benzene rings is 1. The van der Waals surface area contributed by atoms with Gasteiger partial charge in [-0.15, -0.1) is 12.4 Å². The highest BCUT2D eigenvalue weighted by Crippen LogP contribution is 2.20. The van der Waals surface area contributed by atoms with Crippen LogP contribution in [0.25, 0.3) is 0 Å². The monoisotopic (exact) mass is 311 g/mol. The van der Waals surface area contributed by atoms with Crippen molar-refractivity contribution >= 4 is 29.9 Å². The Morgan fingerprint density at radius 2 is 2.10 bits per heavy atom. The average molecular weight is 312 g/mol. The molecule has 0 aromatic heterocycles. The van der Waals surface area contributed by atoms with Gasteiger partial charge in [-0.25, -0.2) is 0 Å². The molecular weight excluding hydrogens is 290 g/mol. The van der Waals surface area contributed by atoms with Crippen molar-refractivity contribution < 1.29 is 9.59 Å². The number of nitrogens with one attached hydrogen (secondary N) is 2. The summed E-state index contributed by atoms with van der Waals surface area (Å²) < 4.78 is 0. The molecule has 1 fully saturated rings. The van der Waals surface area contributed by atoms with Crippen LogP contribution in [0.1, 0.15) is 43.0 Å². The summed E-state index contributed by atoms with van der Waals surface area (Å²) in [6, 6.07) is 6.73. The van der Waals surface area contributed by atoms with Crippen LogP contribution >= 0.6 is 12.4 Å². The van der Waals surface area contributed by atoms with E-state index in [1.165, 1.54) is 0 Å². The van der Waals surface area contributed by atoms with Crippen molar-refractivity contribution in [2.75, 3.05) is 5.32 Å². The Bertz CT molecular complexity index is 503. The number of hydrogen-bond donors (Lipinski definition) is 3. The van der Waals surface area contributed by atoms with Crippen molar-refractivity contribution in [2.45, 2.75) is 44.7 Å². The van der Waals surface area contributed by atoms with Crippen molar-refractivity contribution in [1.29, 1.82) is 0 Å². The van der Waals surface area contributed by atoms with E-state index in [0.717, 1.165) is 19.3 Å². The van der Waals surface area contributed by atoms with Gasteiger partial charge in [-0.1, -0.05) is 19.4 Å². The molecule has 0 heterocycles. The Labute approximate surface area is 131 Å². The van der Waals surface area contributed by atoms with Gasteiger partial charge in [-0.2, -0.15) is 0 Å². The molecule has 0 spiro atoms. The van der Waals surface area contributed by atoms with Crippen LogP contribution in [-0.4, -0.2) is 23.9 Å². The Hall–Kier alpha value is -1.59. The fraction of sp³-hybridized carbons (Fsp3) is 0.467. The van der Waals surface area contributed by atoms with Gasteiger partial charge in [0.15, 0.2) is 0 Å². The summed E-state index contributed by atoms with van der Waals surface area (Å²) in [5, 5.41) is 5.66. The summed E-state index contributed by atoms with van der Waals surface area (Å²) >= 11 is 0. The Kier molecular flexibility index (Phi) is 6.65. The second-order valence-electron chi connectivity index (χ2n) is 5.21. The second-order valence-corrected chi connectivity index (χ2v) is 5.21. The number of hydrogen-bond acceptors (Lipinski definition) is 3. The van der Waals surface area contributed by atoms with E-state index in [2.05, 4.69) is 10.6 Å². The molecule has 6 heteroatoms. The molecule has 1 aromatic rings. The van der Waals surface area contributed by atoms with Crippen LogP contribution in [0.5, 0.6) is 0 Å². The molecule has 2 amide bonds. The van der Waals surface area contributed by atoms with Crippen LogP contribution in [0.15, 0.2) is 24.3 Å². The summed E-state index contributed by atoms with van der Waals surface area (Å²) in [6.07, 6.45) is 3.61. The Morgan fingerprint density at radius 3 is 2.71 bits per heavy atom. The summed E-state index contributed by atoms with van der Waals surface area (Å²) in [4.78, 5) is 23.8. The summed E-state index contributed by atoms with van der Waals surface area (Å²) in [7, 11) is 0. The van der Waals surface area contributed by atoms with Gasteiger partial charge in [0.05, 0.1) is 6.04 Å². The topological polar surface area (TPSA) is 84.2 Å². The van der Waals surface area contributed by atoms with E-state index in [9.17, 15) is 9.59 Å². The summed E-state index contributed by atoms with van der Waals surface area (Å²) in [6.45, 7) is 1.98. The average Bonchev–Trinajstić information content (AvgIpc) is 3.23. The number of amides is 2. The van der Waals surface area contributed by atoms with E-state index >= 15 is 0 Å². The van der Waals surface area contributed by atoms with E-state index in [-0.39, 0.29) is 24.2 Å². The second kappa shape index (κ2) is 8.00. The van der Waals surface area contributed by atoms with Crippen LogP contribution in [-0.2, 0) is 4.79 Å². The maximum absolute atomic E-state index is 11.9. The lowest BCUT2D eigenvalue weighted by molar-refractivity contribution is -0.117. The van der Waals surface area contributed by atoms with Crippen LogP contribution in [0.4, 0.5) is 5.69 Å². The van der Waals surface area contributed by atoms with Gasteiger partial charge in [0, 0.05) is 17.3 Å². The van der Waals surface area contributed by atoms with Gasteiger partial charge in [0.2, 0.25) is 5.91 Å². The maximum Gasteiger partial charge on any atom is 0.251 e. The highest BCUT2D eigenvalue weighted by molar-refractivity contribution is 5.98. The number of anilines is 1. The van der Waals surface area contributed by atoms with E-state index in [4.69, 9.17) is 5.73 Å². The minimum Gasteiger partial charge on any atom is -0.349 e. The maximum atomic E-state index is 11.9. The molecule has 1 aliphatic carbocycles. The number of rotatable bonds is 6. The van der Waals surface area contributed by atoms with E-state index in [0.29, 0.717) is 23.7 Å². The molecule has 1 saturated carbocycles. The minimum absolute atomic E-state index is 0. The lowest BCUT2D eigenvalue weighted by Crippen LogP contribution is -2.35. The molecule has 0 radical (unpaired) electrons. The quantitative estimate of drug-likeness (QED) is 0.752. The molecule has 0 bridgehead atoms. The number of carbonyl (C=O) groups excluding carboxylic acids is 2. The molecular formula is C15H22ClN3O2. The standard InChI is InChI=1S/C15H21N3O2.ClH/c1-2-4-13(16)15(20)18-12-6-3-5-10(9-12)14(19)17-11-7-8-11;/h3,5-6,9,11,13H,2,4,7-8,16H2,1H3,(H,17,19)(H,18,20);1H. The highest BCUT2D eigenvalue weighted by Gasteiger charge is 2.23. The van der Waals surface area contributed by atoms with Crippen LogP contribution in [0.3, 0.4) is 0 Å². The predicted molar refractivity (Wildman–Crippen MR) is 85.7 cm³/mol. The summed E-state index contributed by atoms with van der Waals surface area (Å²) in [5.74, 6) is -0.312. The zero-order valence-corrected chi connectivity index (χ0v) is 12.9. The number of halogens is 1. The molecule has 1 aliphatic rings. The zero-order chi connectivity index (χ0) is 14.5. The van der Waals surface area contributed by atoms with Crippen molar-refractivity contribution in [3.05, 3.63) is 29.8 Å². The van der Waals surface area contributed by atoms with Crippen LogP contribution in [0.2, 0.25) is 0 Å². The highest BCUT2D eigenvalue weighted by atomic mass is 35.5. The number of carbonyl (C=O) groups is 2. The lowest BCUT2D eigenvalue weighted by Gasteiger charge is -2.12. The third kappa shape index (κ3) is 5.36. The molecule has 2 rings (SSSR count). The minimum atomic E-state index is -0.510. The summed E-state index contributed by atoms with van der Waals surface area (Å²) in [5.41, 5.74) is 6.91.